The minimum Gasteiger partial charge on any atom is -0.545 e. The van der Waals surface area contributed by atoms with Crippen molar-refractivity contribution in [2.24, 2.45) is 0 Å². The summed E-state index contributed by atoms with van der Waals surface area (Å²) in [5.74, 6) is -2.43. The highest BCUT2D eigenvalue weighted by molar-refractivity contribution is 7.99. The maximum Gasteiger partial charge on any atom is 0.0784 e. The summed E-state index contributed by atoms with van der Waals surface area (Å²) in [7, 11) is 4.89. The lowest BCUT2D eigenvalue weighted by Crippen LogP contribution is -2.46. The highest BCUT2D eigenvalue weighted by Crippen LogP contribution is 2.27. The lowest BCUT2D eigenvalue weighted by atomic mass is 10.2. The first kappa shape index (κ1) is 44.6. The van der Waals surface area contributed by atoms with Crippen LogP contribution in [0.15, 0.2) is 58.3 Å². The Hall–Kier alpha value is -2.35. The van der Waals surface area contributed by atoms with E-state index in [0.29, 0.717) is 0 Å². The van der Waals surface area contributed by atoms with Gasteiger partial charge in [-0.3, -0.25) is 0 Å². The smallest absolute Gasteiger partial charge is 0.0784 e. The van der Waals surface area contributed by atoms with Crippen molar-refractivity contribution in [1.82, 2.24) is 0 Å². The maximum atomic E-state index is 10.6. The Morgan fingerprint density at radius 3 is 0.851 bits per heavy atom. The summed E-state index contributed by atoms with van der Waals surface area (Å²) in [6, 6.07) is 12.5. The van der Waals surface area contributed by atoms with Crippen molar-refractivity contribution in [2.75, 3.05) is 53.4 Å². The number of aromatic carboxylic acids is 2. The van der Waals surface area contributed by atoms with Crippen LogP contribution in [0, 0.1) is 0 Å². The molecule has 0 amide bonds. The fraction of sp³-hybridized carbons (Fsp3) is 0.650. The number of unbranched alkanes of at least 4 members (excludes halogenated alkanes) is 6. The normalized spacial score (nSPS) is 11.2. The van der Waals surface area contributed by atoms with Gasteiger partial charge in [0.15, 0.2) is 0 Å². The van der Waals surface area contributed by atoms with Crippen molar-refractivity contribution >= 4 is 23.7 Å². The zero-order valence-electron chi connectivity index (χ0n) is 31.3. The minimum absolute atomic E-state index is 0.122. The zero-order valence-corrected chi connectivity index (χ0v) is 32.1. The van der Waals surface area contributed by atoms with Gasteiger partial charge in [0.1, 0.15) is 0 Å². The Kier molecular flexibility index (Phi) is 25.3. The van der Waals surface area contributed by atoms with Gasteiger partial charge >= 0.3 is 0 Å². The van der Waals surface area contributed by atoms with Crippen molar-refractivity contribution in [1.29, 1.82) is 0 Å². The number of hydrogen-bond donors (Lipinski definition) is 0. The average Bonchev–Trinajstić information content (AvgIpc) is 3.07. The van der Waals surface area contributed by atoms with Gasteiger partial charge in [0.2, 0.25) is 0 Å². The van der Waals surface area contributed by atoms with E-state index < -0.39 is 11.9 Å². The molecule has 0 heterocycles. The molecule has 0 unspecified atom stereocenters. The monoisotopic (exact) mass is 672 g/mol. The van der Waals surface area contributed by atoms with Gasteiger partial charge in [0.25, 0.3) is 0 Å². The molecule has 0 spiro atoms. The number of carboxylic acids is 2. The van der Waals surface area contributed by atoms with Gasteiger partial charge in [-0.1, -0.05) is 116 Å². The van der Waals surface area contributed by atoms with Crippen LogP contribution in [-0.4, -0.2) is 74.3 Å². The van der Waals surface area contributed by atoms with E-state index in [1.54, 1.807) is 24.3 Å². The summed E-state index contributed by atoms with van der Waals surface area (Å²) in [5.41, 5.74) is 0.244. The highest BCUT2D eigenvalue weighted by Gasteiger charge is 2.19. The predicted octanol–water partition coefficient (Wildman–Crippen LogP) is 8.23. The molecule has 47 heavy (non-hydrogen) atoms. The molecule has 0 radical (unpaired) electrons. The Morgan fingerprint density at radius 2 is 0.681 bits per heavy atom. The number of benzene rings is 2. The molecule has 0 aromatic heterocycles. The lowest BCUT2D eigenvalue weighted by Gasteiger charge is -2.34. The summed E-state index contributed by atoms with van der Waals surface area (Å²) in [4.78, 5) is 22.9. The van der Waals surface area contributed by atoms with Crippen LogP contribution in [0.2, 0.25) is 0 Å². The minimum atomic E-state index is -1.21. The van der Waals surface area contributed by atoms with Crippen LogP contribution in [-0.2, 0) is 0 Å². The molecule has 2 aromatic carbocycles. The highest BCUT2D eigenvalue weighted by atomic mass is 32.2. The summed E-state index contributed by atoms with van der Waals surface area (Å²) in [5, 5.41) is 21.2. The molecule has 0 bridgehead atoms. The van der Waals surface area contributed by atoms with Gasteiger partial charge in [-0.25, -0.2) is 0 Å². The first-order chi connectivity index (χ1) is 22.4. The second-order valence-electron chi connectivity index (χ2n) is 13.4. The van der Waals surface area contributed by atoms with Crippen LogP contribution in [0.25, 0.3) is 0 Å². The van der Waals surface area contributed by atoms with E-state index in [1.165, 1.54) is 161 Å². The van der Waals surface area contributed by atoms with Gasteiger partial charge in [0, 0.05) is 9.79 Å². The molecule has 0 saturated heterocycles. The molecular formula is C40H68N2O4S. The van der Waals surface area contributed by atoms with Crippen molar-refractivity contribution in [3.63, 3.8) is 0 Å². The van der Waals surface area contributed by atoms with E-state index in [0.717, 1.165) is 9.79 Å². The first-order valence-electron chi connectivity index (χ1n) is 18.4. The van der Waals surface area contributed by atoms with Crippen molar-refractivity contribution in [2.45, 2.75) is 128 Å². The Labute approximate surface area is 293 Å². The van der Waals surface area contributed by atoms with Gasteiger partial charge < -0.3 is 28.8 Å². The number of carbonyl (C=O) groups is 2. The van der Waals surface area contributed by atoms with E-state index in [-0.39, 0.29) is 11.1 Å². The van der Waals surface area contributed by atoms with Crippen LogP contribution in [0.1, 0.15) is 139 Å². The molecule has 2 rings (SSSR count). The number of carbonyl (C=O) groups excluding carboxylic acids is 2. The fourth-order valence-corrected chi connectivity index (χ4v) is 6.18. The van der Waals surface area contributed by atoms with E-state index in [4.69, 9.17) is 0 Å². The quantitative estimate of drug-likeness (QED) is 0.118. The summed E-state index contributed by atoms with van der Waals surface area (Å²) < 4.78 is 2.63. The van der Waals surface area contributed by atoms with Crippen LogP contribution >= 0.6 is 11.8 Å². The third-order valence-corrected chi connectivity index (χ3v) is 9.74. The van der Waals surface area contributed by atoms with Gasteiger partial charge in [-0.05, 0) is 73.9 Å². The standard InChI is InChI=1S/C14H10O4S.2C13H30N/c15-13(16)9-1-5-11(6-2-9)19-12-7-3-10(4-8-12)14(17)18;2*1-5-8-11-14(4,12-9-6-2)13-10-7-3/h1-8H,(H,15,16)(H,17,18);2*5-13H2,1-4H3/q;2*+1/p-2. The predicted molar refractivity (Wildman–Crippen MR) is 197 cm³/mol. The van der Waals surface area contributed by atoms with Crippen molar-refractivity contribution in [3.05, 3.63) is 59.7 Å². The van der Waals surface area contributed by atoms with E-state index in [1.807, 2.05) is 0 Å². The molecule has 0 saturated carbocycles. The number of quaternary nitrogens is 2. The number of hydrogen-bond acceptors (Lipinski definition) is 5. The molecule has 0 N–H and O–H groups in total. The van der Waals surface area contributed by atoms with Gasteiger partial charge in [-0.2, -0.15) is 0 Å². The SMILES string of the molecule is CCCC[N+](C)(CCCC)CCCC.CCCC[N+](C)(CCCC)CCCC.O=C([O-])c1ccc(Sc2ccc(C(=O)[O-])cc2)cc1. The van der Waals surface area contributed by atoms with Crippen LogP contribution in [0.5, 0.6) is 0 Å². The number of nitrogens with zero attached hydrogens (tertiary/aromatic N) is 2. The van der Waals surface area contributed by atoms with Gasteiger partial charge in [0.05, 0.1) is 65.3 Å². The Bertz CT molecular complexity index is 944. The van der Waals surface area contributed by atoms with Crippen LogP contribution < -0.4 is 10.2 Å². The molecule has 0 aliphatic rings. The second-order valence-corrected chi connectivity index (χ2v) is 14.6. The van der Waals surface area contributed by atoms with Gasteiger partial charge in [-0.15, -0.1) is 0 Å². The third kappa shape index (κ3) is 21.3. The zero-order chi connectivity index (χ0) is 35.6. The van der Waals surface area contributed by atoms with Crippen molar-refractivity contribution in [3.8, 4) is 0 Å². The molecule has 0 aliphatic carbocycles. The topological polar surface area (TPSA) is 80.3 Å². The van der Waals surface area contributed by atoms with Crippen molar-refractivity contribution < 1.29 is 28.8 Å². The molecule has 2 aromatic rings. The molecule has 0 atom stereocenters. The van der Waals surface area contributed by atoms with E-state index >= 15 is 0 Å². The number of carboxylic acid groups (broad SMARTS) is 2. The fourth-order valence-electron chi connectivity index (χ4n) is 5.36. The molecular weight excluding hydrogens is 605 g/mol. The summed E-state index contributed by atoms with van der Waals surface area (Å²) in [6.45, 7) is 22.1. The maximum absolute atomic E-state index is 10.6. The van der Waals surface area contributed by atoms with E-state index in [2.05, 4.69) is 55.6 Å². The molecule has 6 nitrogen and oxygen atoms in total. The second kappa shape index (κ2) is 26.6. The molecule has 0 fully saturated rings. The Morgan fingerprint density at radius 1 is 0.468 bits per heavy atom. The molecule has 268 valence electrons. The summed E-state index contributed by atoms with van der Waals surface area (Å²) >= 11 is 1.40. The molecule has 7 heteroatoms. The Balaban J connectivity index is 0.000000691. The average molecular weight is 673 g/mol. The third-order valence-electron chi connectivity index (χ3n) is 8.72. The summed E-state index contributed by atoms with van der Waals surface area (Å²) in [6.07, 6.45) is 16.4. The lowest BCUT2D eigenvalue weighted by molar-refractivity contribution is -0.910. The van der Waals surface area contributed by atoms with Crippen LogP contribution in [0.3, 0.4) is 0 Å². The number of rotatable bonds is 22. The largest absolute Gasteiger partial charge is 0.545 e. The molecule has 0 aliphatic heterocycles. The first-order valence-corrected chi connectivity index (χ1v) is 19.2. The van der Waals surface area contributed by atoms with Crippen LogP contribution in [0.4, 0.5) is 0 Å². The van der Waals surface area contributed by atoms with E-state index in [9.17, 15) is 19.8 Å².